The van der Waals surface area contributed by atoms with Crippen molar-refractivity contribution in [3.63, 3.8) is 0 Å². The second-order valence-corrected chi connectivity index (χ2v) is 12.7. The van der Waals surface area contributed by atoms with Crippen LogP contribution in [-0.4, -0.2) is 9.97 Å². The van der Waals surface area contributed by atoms with Crippen LogP contribution in [0.15, 0.2) is 170 Å². The average Bonchev–Trinajstić information content (AvgIpc) is 3.14. The number of hydrogen-bond donors (Lipinski definition) is 0. The normalized spacial score (nSPS) is 11.6. The van der Waals surface area contributed by atoms with E-state index in [9.17, 15) is 0 Å². The number of hydrogen-bond acceptors (Lipinski definition) is 2. The Morgan fingerprint density at radius 3 is 1.15 bits per heavy atom. The van der Waals surface area contributed by atoms with Gasteiger partial charge in [0.1, 0.15) is 0 Å². The summed E-state index contributed by atoms with van der Waals surface area (Å²) < 4.78 is 0. The highest BCUT2D eigenvalue weighted by atomic mass is 14.8. The highest BCUT2D eigenvalue weighted by Crippen LogP contribution is 2.39. The summed E-state index contributed by atoms with van der Waals surface area (Å²) in [5.41, 5.74) is 10.2. The molecule has 0 saturated heterocycles. The fourth-order valence-corrected chi connectivity index (χ4v) is 6.56. The van der Waals surface area contributed by atoms with E-state index in [0.29, 0.717) is 0 Å². The van der Waals surface area contributed by atoms with Crippen molar-refractivity contribution in [2.45, 2.75) is 19.3 Å². The molecule has 47 heavy (non-hydrogen) atoms. The van der Waals surface area contributed by atoms with Gasteiger partial charge in [0.15, 0.2) is 0 Å². The SMILES string of the molecule is CC(C)(c1ccc(-c2ccccc2)c(-c2ccc3ccccc3c2)n1)c1ccc(-c2ccccc2)c(-c2ccc3ccccc3c2)n1. The summed E-state index contributed by atoms with van der Waals surface area (Å²) in [7, 11) is 0. The van der Waals surface area contributed by atoms with Crippen molar-refractivity contribution in [1.29, 1.82) is 0 Å². The Morgan fingerprint density at radius 2 is 0.723 bits per heavy atom. The smallest absolute Gasteiger partial charge is 0.0784 e. The zero-order valence-electron chi connectivity index (χ0n) is 26.6. The van der Waals surface area contributed by atoms with E-state index in [4.69, 9.17) is 9.97 Å². The van der Waals surface area contributed by atoms with E-state index in [0.717, 1.165) is 56.2 Å². The predicted molar refractivity (Wildman–Crippen MR) is 197 cm³/mol. The Labute approximate surface area is 276 Å². The Kier molecular flexibility index (Phi) is 7.19. The third-order valence-electron chi connectivity index (χ3n) is 9.29. The zero-order chi connectivity index (χ0) is 31.8. The molecule has 0 N–H and O–H groups in total. The molecule has 0 atom stereocenters. The minimum atomic E-state index is -0.471. The number of pyridine rings is 2. The lowest BCUT2D eigenvalue weighted by Gasteiger charge is -2.26. The van der Waals surface area contributed by atoms with Gasteiger partial charge in [0.05, 0.1) is 22.8 Å². The maximum Gasteiger partial charge on any atom is 0.0784 e. The molecule has 2 heteroatoms. The van der Waals surface area contributed by atoms with Gasteiger partial charge in [-0.1, -0.05) is 146 Å². The Bertz CT molecular complexity index is 2200. The van der Waals surface area contributed by atoms with Crippen LogP contribution < -0.4 is 0 Å². The second-order valence-electron chi connectivity index (χ2n) is 12.7. The van der Waals surface area contributed by atoms with Crippen LogP contribution in [0, 0.1) is 0 Å². The van der Waals surface area contributed by atoms with E-state index in [1.54, 1.807) is 0 Å². The molecule has 0 aliphatic carbocycles. The Balaban J connectivity index is 1.29. The van der Waals surface area contributed by atoms with Crippen LogP contribution in [0.1, 0.15) is 25.2 Å². The van der Waals surface area contributed by atoms with Gasteiger partial charge in [0, 0.05) is 27.7 Å². The first-order chi connectivity index (χ1) is 23.0. The van der Waals surface area contributed by atoms with Crippen molar-refractivity contribution in [1.82, 2.24) is 9.97 Å². The average molecular weight is 603 g/mol. The third-order valence-corrected chi connectivity index (χ3v) is 9.29. The zero-order valence-corrected chi connectivity index (χ0v) is 26.6. The number of aromatic nitrogens is 2. The lowest BCUT2D eigenvalue weighted by atomic mass is 9.82. The van der Waals surface area contributed by atoms with Crippen LogP contribution in [0.25, 0.3) is 66.3 Å². The van der Waals surface area contributed by atoms with E-state index in [1.807, 2.05) is 0 Å². The molecule has 2 aromatic heterocycles. The van der Waals surface area contributed by atoms with Crippen LogP contribution in [0.2, 0.25) is 0 Å². The summed E-state index contributed by atoms with van der Waals surface area (Å²) in [5.74, 6) is 0. The van der Waals surface area contributed by atoms with Gasteiger partial charge < -0.3 is 0 Å². The van der Waals surface area contributed by atoms with E-state index in [1.165, 1.54) is 21.5 Å². The largest absolute Gasteiger partial charge is 0.251 e. The monoisotopic (exact) mass is 602 g/mol. The van der Waals surface area contributed by atoms with Gasteiger partial charge in [0.25, 0.3) is 0 Å². The molecule has 0 unspecified atom stereocenters. The number of fused-ring (bicyclic) bond motifs is 2. The molecule has 0 radical (unpaired) electrons. The summed E-state index contributed by atoms with van der Waals surface area (Å²) >= 11 is 0. The number of benzene rings is 6. The van der Waals surface area contributed by atoms with Crippen molar-refractivity contribution in [2.75, 3.05) is 0 Å². The molecule has 2 nitrogen and oxygen atoms in total. The molecule has 2 heterocycles. The van der Waals surface area contributed by atoms with Crippen LogP contribution in [0.3, 0.4) is 0 Å². The van der Waals surface area contributed by atoms with E-state index >= 15 is 0 Å². The molecule has 0 amide bonds. The van der Waals surface area contributed by atoms with Crippen LogP contribution in [-0.2, 0) is 5.41 Å². The van der Waals surface area contributed by atoms with Gasteiger partial charge in [-0.2, -0.15) is 0 Å². The van der Waals surface area contributed by atoms with Crippen LogP contribution in [0.4, 0.5) is 0 Å². The summed E-state index contributed by atoms with van der Waals surface area (Å²) in [4.78, 5) is 10.9. The topological polar surface area (TPSA) is 25.8 Å². The summed E-state index contributed by atoms with van der Waals surface area (Å²) in [6.45, 7) is 4.47. The molecular weight excluding hydrogens is 569 g/mol. The van der Waals surface area contributed by atoms with Crippen molar-refractivity contribution in [3.05, 3.63) is 181 Å². The van der Waals surface area contributed by atoms with Gasteiger partial charge in [-0.05, 0) is 70.8 Å². The minimum Gasteiger partial charge on any atom is -0.251 e. The molecule has 0 saturated carbocycles. The van der Waals surface area contributed by atoms with E-state index in [-0.39, 0.29) is 0 Å². The molecule has 8 rings (SSSR count). The fraction of sp³-hybridized carbons (Fsp3) is 0.0667. The van der Waals surface area contributed by atoms with E-state index < -0.39 is 5.41 Å². The van der Waals surface area contributed by atoms with Crippen LogP contribution >= 0.6 is 0 Å². The first-order valence-electron chi connectivity index (χ1n) is 16.2. The van der Waals surface area contributed by atoms with Gasteiger partial charge in [-0.15, -0.1) is 0 Å². The molecule has 0 bridgehead atoms. The van der Waals surface area contributed by atoms with Gasteiger partial charge in [-0.3, -0.25) is 9.97 Å². The molecule has 0 spiro atoms. The van der Waals surface area contributed by atoms with Crippen molar-refractivity contribution < 1.29 is 0 Å². The number of nitrogens with zero attached hydrogens (tertiary/aromatic N) is 2. The molecule has 8 aromatic rings. The summed E-state index contributed by atoms with van der Waals surface area (Å²) in [6.07, 6.45) is 0. The predicted octanol–water partition coefficient (Wildman–Crippen LogP) is 11.8. The Morgan fingerprint density at radius 1 is 0.340 bits per heavy atom. The quantitative estimate of drug-likeness (QED) is 0.189. The molecule has 0 aliphatic rings. The maximum absolute atomic E-state index is 5.46. The molecule has 0 aliphatic heterocycles. The maximum atomic E-state index is 5.46. The van der Waals surface area contributed by atoms with Gasteiger partial charge in [-0.25, -0.2) is 0 Å². The highest BCUT2D eigenvalue weighted by molar-refractivity contribution is 5.91. The Hall–Kier alpha value is -5.86. The lowest BCUT2D eigenvalue weighted by molar-refractivity contribution is 0.597. The fourth-order valence-electron chi connectivity index (χ4n) is 6.56. The third kappa shape index (κ3) is 5.38. The van der Waals surface area contributed by atoms with Crippen molar-refractivity contribution >= 4 is 21.5 Å². The van der Waals surface area contributed by atoms with Crippen LogP contribution in [0.5, 0.6) is 0 Å². The van der Waals surface area contributed by atoms with Gasteiger partial charge in [0.2, 0.25) is 0 Å². The highest BCUT2D eigenvalue weighted by Gasteiger charge is 2.29. The van der Waals surface area contributed by atoms with E-state index in [2.05, 4.69) is 184 Å². The number of rotatable bonds is 6. The lowest BCUT2D eigenvalue weighted by Crippen LogP contribution is -2.23. The van der Waals surface area contributed by atoms with Gasteiger partial charge >= 0.3 is 0 Å². The van der Waals surface area contributed by atoms with Crippen molar-refractivity contribution in [2.24, 2.45) is 0 Å². The standard InChI is InChI=1S/C45H34N2/c1-45(2,41-27-25-39(33-15-5-3-6-16-33)43(46-41)37-23-21-31-13-9-11-19-35(31)29-37)42-28-26-40(34-17-7-4-8-18-34)44(47-42)38-24-22-32-14-10-12-20-36(32)30-38/h3-30H,1-2H3. The molecule has 224 valence electrons. The summed E-state index contributed by atoms with van der Waals surface area (Å²) in [5, 5.41) is 4.85. The minimum absolute atomic E-state index is 0.471. The first-order valence-corrected chi connectivity index (χ1v) is 16.2. The molecule has 0 fully saturated rings. The second kappa shape index (κ2) is 11.8. The first kappa shape index (κ1) is 28.6. The summed E-state index contributed by atoms with van der Waals surface area (Å²) in [6, 6.07) is 60.2. The molecular formula is C45H34N2. The van der Waals surface area contributed by atoms with Crippen molar-refractivity contribution in [3.8, 4) is 44.8 Å². The molecule has 6 aromatic carbocycles.